The molecule has 0 saturated heterocycles. The lowest BCUT2D eigenvalue weighted by atomic mass is 10.0. The van der Waals surface area contributed by atoms with Gasteiger partial charge in [0.15, 0.2) is 0 Å². The molecule has 19 heavy (non-hydrogen) atoms. The molecule has 2 rings (SSSR count). The molecule has 0 radical (unpaired) electrons. The standard InChI is InChI=1S/C16H18INO/c1-2-15(18)14-5-3-4-6-16(14)19-11-12-7-9-13(17)10-8-12/h3-10,15H,2,11,18H2,1H3/t15-/m1/s1. The number of nitrogens with two attached hydrogens (primary N) is 1. The van der Waals surface area contributed by atoms with Crippen molar-refractivity contribution in [2.45, 2.75) is 26.0 Å². The highest BCUT2D eigenvalue weighted by molar-refractivity contribution is 14.1. The topological polar surface area (TPSA) is 35.2 Å². The Morgan fingerprint density at radius 2 is 1.79 bits per heavy atom. The van der Waals surface area contributed by atoms with Gasteiger partial charge in [-0.2, -0.15) is 0 Å². The van der Waals surface area contributed by atoms with Crippen LogP contribution in [0.15, 0.2) is 48.5 Å². The predicted molar refractivity (Wildman–Crippen MR) is 87.2 cm³/mol. The van der Waals surface area contributed by atoms with Crippen LogP contribution in [0.5, 0.6) is 5.75 Å². The largest absolute Gasteiger partial charge is 0.489 e. The molecule has 0 heterocycles. The average Bonchev–Trinajstić information content (AvgIpc) is 2.46. The molecule has 100 valence electrons. The van der Waals surface area contributed by atoms with E-state index in [1.165, 1.54) is 9.13 Å². The zero-order chi connectivity index (χ0) is 13.7. The smallest absolute Gasteiger partial charge is 0.124 e. The van der Waals surface area contributed by atoms with Crippen molar-refractivity contribution >= 4 is 22.6 Å². The first-order valence-electron chi connectivity index (χ1n) is 6.42. The quantitative estimate of drug-likeness (QED) is 0.801. The fraction of sp³-hybridized carbons (Fsp3) is 0.250. The summed E-state index contributed by atoms with van der Waals surface area (Å²) in [5.41, 5.74) is 8.35. The molecule has 3 heteroatoms. The van der Waals surface area contributed by atoms with Crippen LogP contribution in [0.2, 0.25) is 0 Å². The summed E-state index contributed by atoms with van der Waals surface area (Å²) in [6.07, 6.45) is 0.907. The number of hydrogen-bond acceptors (Lipinski definition) is 2. The van der Waals surface area contributed by atoms with Crippen LogP contribution in [-0.2, 0) is 6.61 Å². The highest BCUT2D eigenvalue weighted by Crippen LogP contribution is 2.26. The molecule has 0 spiro atoms. The van der Waals surface area contributed by atoms with Crippen molar-refractivity contribution < 1.29 is 4.74 Å². The molecule has 0 unspecified atom stereocenters. The Morgan fingerprint density at radius 3 is 2.47 bits per heavy atom. The zero-order valence-corrected chi connectivity index (χ0v) is 13.1. The molecule has 0 aliphatic heterocycles. The Kier molecular flexibility index (Phi) is 5.22. The minimum Gasteiger partial charge on any atom is -0.489 e. The van der Waals surface area contributed by atoms with Crippen LogP contribution >= 0.6 is 22.6 Å². The van der Waals surface area contributed by atoms with Crippen molar-refractivity contribution in [3.8, 4) is 5.75 Å². The van der Waals surface area contributed by atoms with Gasteiger partial charge in [0.1, 0.15) is 12.4 Å². The summed E-state index contributed by atoms with van der Waals surface area (Å²) in [4.78, 5) is 0. The van der Waals surface area contributed by atoms with Gasteiger partial charge in [0.2, 0.25) is 0 Å². The molecule has 2 nitrogen and oxygen atoms in total. The summed E-state index contributed by atoms with van der Waals surface area (Å²) in [6, 6.07) is 16.4. The first kappa shape index (κ1) is 14.3. The molecule has 0 aliphatic carbocycles. The summed E-state index contributed by atoms with van der Waals surface area (Å²) < 4.78 is 7.13. The Hall–Kier alpha value is -1.07. The van der Waals surface area contributed by atoms with E-state index in [2.05, 4.69) is 53.8 Å². The van der Waals surface area contributed by atoms with Crippen LogP contribution < -0.4 is 10.5 Å². The maximum Gasteiger partial charge on any atom is 0.124 e. The van der Waals surface area contributed by atoms with Crippen LogP contribution in [0.3, 0.4) is 0 Å². The van der Waals surface area contributed by atoms with Gasteiger partial charge in [0, 0.05) is 15.2 Å². The van der Waals surface area contributed by atoms with E-state index in [-0.39, 0.29) is 6.04 Å². The number of rotatable bonds is 5. The Bertz CT molecular complexity index is 525. The third kappa shape index (κ3) is 3.94. The van der Waals surface area contributed by atoms with Gasteiger partial charge in [-0.3, -0.25) is 0 Å². The monoisotopic (exact) mass is 367 g/mol. The van der Waals surface area contributed by atoms with Gasteiger partial charge in [-0.05, 0) is 52.8 Å². The molecule has 0 aliphatic rings. The lowest BCUT2D eigenvalue weighted by Crippen LogP contribution is -2.10. The Morgan fingerprint density at radius 1 is 1.11 bits per heavy atom. The molecule has 2 aromatic rings. The molecular formula is C16H18INO. The maximum absolute atomic E-state index is 6.10. The van der Waals surface area contributed by atoms with Crippen LogP contribution in [0.4, 0.5) is 0 Å². The van der Waals surface area contributed by atoms with Crippen LogP contribution in [0.25, 0.3) is 0 Å². The number of ether oxygens (including phenoxy) is 1. The van der Waals surface area contributed by atoms with Gasteiger partial charge in [0.05, 0.1) is 0 Å². The minimum atomic E-state index is 0.0351. The number of benzene rings is 2. The van der Waals surface area contributed by atoms with E-state index in [9.17, 15) is 0 Å². The third-order valence-electron chi connectivity index (χ3n) is 3.07. The molecule has 0 aromatic heterocycles. The molecule has 1 atom stereocenters. The van der Waals surface area contributed by atoms with E-state index >= 15 is 0 Å². The first-order chi connectivity index (χ1) is 9.20. The molecule has 0 amide bonds. The van der Waals surface area contributed by atoms with Crippen molar-refractivity contribution in [3.63, 3.8) is 0 Å². The summed E-state index contributed by atoms with van der Waals surface area (Å²) in [5.74, 6) is 0.885. The van der Waals surface area contributed by atoms with Crippen molar-refractivity contribution in [2.75, 3.05) is 0 Å². The van der Waals surface area contributed by atoms with E-state index < -0.39 is 0 Å². The Balaban J connectivity index is 2.09. The zero-order valence-electron chi connectivity index (χ0n) is 11.0. The molecule has 0 fully saturated rings. The van der Waals surface area contributed by atoms with Gasteiger partial charge in [-0.15, -0.1) is 0 Å². The van der Waals surface area contributed by atoms with Crippen LogP contribution in [0, 0.1) is 3.57 Å². The third-order valence-corrected chi connectivity index (χ3v) is 3.79. The van der Waals surface area contributed by atoms with Gasteiger partial charge >= 0.3 is 0 Å². The van der Waals surface area contributed by atoms with Crippen molar-refractivity contribution in [1.29, 1.82) is 0 Å². The lowest BCUT2D eigenvalue weighted by Gasteiger charge is -2.15. The summed E-state index contributed by atoms with van der Waals surface area (Å²) in [5, 5.41) is 0. The van der Waals surface area contributed by atoms with E-state index in [0.29, 0.717) is 6.61 Å². The van der Waals surface area contributed by atoms with Crippen LogP contribution in [0.1, 0.15) is 30.5 Å². The van der Waals surface area contributed by atoms with Gasteiger partial charge in [0.25, 0.3) is 0 Å². The second-order valence-corrected chi connectivity index (χ2v) is 5.71. The van der Waals surface area contributed by atoms with Crippen molar-refractivity contribution in [2.24, 2.45) is 5.73 Å². The minimum absolute atomic E-state index is 0.0351. The second-order valence-electron chi connectivity index (χ2n) is 4.47. The average molecular weight is 367 g/mol. The van der Waals surface area contributed by atoms with Crippen LogP contribution in [-0.4, -0.2) is 0 Å². The highest BCUT2D eigenvalue weighted by Gasteiger charge is 2.09. The van der Waals surface area contributed by atoms with E-state index in [1.54, 1.807) is 0 Å². The van der Waals surface area contributed by atoms with Crippen molar-refractivity contribution in [3.05, 3.63) is 63.2 Å². The number of para-hydroxylation sites is 1. The summed E-state index contributed by atoms with van der Waals surface area (Å²) >= 11 is 2.30. The fourth-order valence-corrected chi connectivity index (χ4v) is 2.24. The predicted octanol–water partition coefficient (Wildman–Crippen LogP) is 4.28. The fourth-order valence-electron chi connectivity index (χ4n) is 1.88. The normalized spacial score (nSPS) is 12.2. The first-order valence-corrected chi connectivity index (χ1v) is 7.50. The Labute approximate surface area is 128 Å². The maximum atomic E-state index is 6.10. The lowest BCUT2D eigenvalue weighted by molar-refractivity contribution is 0.300. The highest BCUT2D eigenvalue weighted by atomic mass is 127. The van der Waals surface area contributed by atoms with E-state index in [1.807, 2.05) is 24.3 Å². The second kappa shape index (κ2) is 6.91. The molecule has 2 aromatic carbocycles. The summed E-state index contributed by atoms with van der Waals surface area (Å²) in [6.45, 7) is 2.66. The van der Waals surface area contributed by atoms with Crippen molar-refractivity contribution in [1.82, 2.24) is 0 Å². The number of halogens is 1. The van der Waals surface area contributed by atoms with Gasteiger partial charge in [-0.25, -0.2) is 0 Å². The summed E-state index contributed by atoms with van der Waals surface area (Å²) in [7, 11) is 0. The SMILES string of the molecule is CC[C@@H](N)c1ccccc1OCc1ccc(I)cc1. The van der Waals surface area contributed by atoms with E-state index in [4.69, 9.17) is 10.5 Å². The van der Waals surface area contributed by atoms with Gasteiger partial charge < -0.3 is 10.5 Å². The molecule has 0 saturated carbocycles. The van der Waals surface area contributed by atoms with Gasteiger partial charge in [-0.1, -0.05) is 37.3 Å². The van der Waals surface area contributed by atoms with E-state index in [0.717, 1.165) is 17.7 Å². The molecular weight excluding hydrogens is 349 g/mol. The molecule has 0 bridgehead atoms. The number of hydrogen-bond donors (Lipinski definition) is 1. The molecule has 2 N–H and O–H groups in total.